The molecule has 0 unspecified atom stereocenters. The third-order valence-electron chi connectivity index (χ3n) is 2.57. The predicted molar refractivity (Wildman–Crippen MR) is 70.7 cm³/mol. The van der Waals surface area contributed by atoms with E-state index in [9.17, 15) is 13.2 Å². The van der Waals surface area contributed by atoms with Crippen LogP contribution >= 0.6 is 0 Å². The molecule has 0 fully saturated rings. The number of sulfone groups is 1. The number of amides is 1. The average Bonchev–Trinajstić information content (AvgIpc) is 2.18. The Morgan fingerprint density at radius 2 is 1.41 bits per heavy atom. The van der Waals surface area contributed by atoms with Gasteiger partial charge in [0, 0.05) is 25.5 Å². The molecule has 0 radical (unpaired) electrons. The second-order valence-corrected chi connectivity index (χ2v) is 6.85. The minimum atomic E-state index is -2.78. The Morgan fingerprint density at radius 1 is 0.941 bits per heavy atom. The summed E-state index contributed by atoms with van der Waals surface area (Å²) in [6.45, 7) is 2.30. The van der Waals surface area contributed by atoms with Crippen LogP contribution in [0.1, 0.15) is 51.9 Å². The molecule has 0 saturated heterocycles. The van der Waals surface area contributed by atoms with Gasteiger partial charge in [-0.15, -0.1) is 0 Å². The van der Waals surface area contributed by atoms with Crippen molar-refractivity contribution in [3.63, 3.8) is 0 Å². The van der Waals surface area contributed by atoms with E-state index in [4.69, 9.17) is 0 Å². The number of carbonyl (C=O) groups excluding carboxylic acids is 1. The van der Waals surface area contributed by atoms with Crippen LogP contribution < -0.4 is 5.32 Å². The number of unbranched alkanes of at least 4 members (excludes halogenated alkanes) is 6. The van der Waals surface area contributed by atoms with Crippen molar-refractivity contribution < 1.29 is 13.2 Å². The monoisotopic (exact) mass is 263 g/mol. The molecular weight excluding hydrogens is 238 g/mol. The van der Waals surface area contributed by atoms with E-state index in [1.807, 2.05) is 0 Å². The summed E-state index contributed by atoms with van der Waals surface area (Å²) in [6, 6.07) is 0. The van der Waals surface area contributed by atoms with Gasteiger partial charge in [-0.2, -0.15) is 0 Å². The van der Waals surface area contributed by atoms with E-state index in [0.717, 1.165) is 45.1 Å². The summed E-state index contributed by atoms with van der Waals surface area (Å²) < 4.78 is 21.7. The third-order valence-corrected chi connectivity index (χ3v) is 3.60. The van der Waals surface area contributed by atoms with Crippen molar-refractivity contribution in [3.8, 4) is 0 Å². The molecule has 4 nitrogen and oxygen atoms in total. The molecule has 1 amide bonds. The summed E-state index contributed by atoms with van der Waals surface area (Å²) in [5.41, 5.74) is 0. The first-order valence-electron chi connectivity index (χ1n) is 6.34. The summed E-state index contributed by atoms with van der Waals surface area (Å²) in [5, 5.41) is 2.77. The minimum Gasteiger partial charge on any atom is -0.356 e. The number of nitrogens with one attached hydrogen (secondary N) is 1. The fraction of sp³-hybridized carbons (Fsp3) is 0.917. The molecule has 1 N–H and O–H groups in total. The van der Waals surface area contributed by atoms with Crippen LogP contribution in [0.5, 0.6) is 0 Å². The fourth-order valence-corrected chi connectivity index (χ4v) is 2.37. The van der Waals surface area contributed by atoms with Crippen LogP contribution in [0.3, 0.4) is 0 Å². The topological polar surface area (TPSA) is 63.2 Å². The van der Waals surface area contributed by atoms with Gasteiger partial charge in [-0.25, -0.2) is 8.42 Å². The van der Waals surface area contributed by atoms with Gasteiger partial charge in [-0.3, -0.25) is 4.79 Å². The Labute approximate surface area is 105 Å². The summed E-state index contributed by atoms with van der Waals surface area (Å²) in [7, 11) is -2.78. The lowest BCUT2D eigenvalue weighted by Crippen LogP contribution is -2.20. The fourth-order valence-electron chi connectivity index (χ4n) is 1.64. The van der Waals surface area contributed by atoms with E-state index in [1.165, 1.54) is 19.6 Å². The van der Waals surface area contributed by atoms with E-state index >= 15 is 0 Å². The van der Waals surface area contributed by atoms with Crippen molar-refractivity contribution in [1.29, 1.82) is 0 Å². The second kappa shape index (κ2) is 9.45. The van der Waals surface area contributed by atoms with Gasteiger partial charge in [-0.1, -0.05) is 32.1 Å². The minimum absolute atomic E-state index is 0.0331. The highest BCUT2D eigenvalue weighted by Crippen LogP contribution is 2.07. The van der Waals surface area contributed by atoms with Crippen molar-refractivity contribution in [1.82, 2.24) is 5.32 Å². The SMILES string of the molecule is CC(=O)NCCCCCCCCCS(C)(=O)=O. The maximum Gasteiger partial charge on any atom is 0.216 e. The molecule has 102 valence electrons. The first kappa shape index (κ1) is 16.4. The molecule has 0 rings (SSSR count). The van der Waals surface area contributed by atoms with Gasteiger partial charge in [-0.05, 0) is 12.8 Å². The average molecular weight is 263 g/mol. The zero-order valence-electron chi connectivity index (χ0n) is 11.0. The van der Waals surface area contributed by atoms with Gasteiger partial charge < -0.3 is 5.32 Å². The molecule has 5 heteroatoms. The third kappa shape index (κ3) is 15.4. The van der Waals surface area contributed by atoms with E-state index < -0.39 is 9.84 Å². The summed E-state index contributed by atoms with van der Waals surface area (Å²) in [5.74, 6) is 0.348. The molecular formula is C12H25NO3S. The van der Waals surface area contributed by atoms with Crippen molar-refractivity contribution >= 4 is 15.7 Å². The molecule has 0 saturated carbocycles. The van der Waals surface area contributed by atoms with Crippen molar-refractivity contribution in [2.24, 2.45) is 0 Å². The maximum absolute atomic E-state index is 10.9. The molecule has 0 aromatic rings. The number of rotatable bonds is 10. The van der Waals surface area contributed by atoms with Crippen molar-refractivity contribution in [2.45, 2.75) is 51.9 Å². The van der Waals surface area contributed by atoms with Crippen LogP contribution in [0.2, 0.25) is 0 Å². The quantitative estimate of drug-likeness (QED) is 0.612. The Balaban J connectivity index is 3.11. The lowest BCUT2D eigenvalue weighted by atomic mass is 10.1. The molecule has 0 aromatic carbocycles. The van der Waals surface area contributed by atoms with E-state index in [-0.39, 0.29) is 5.91 Å². The van der Waals surface area contributed by atoms with Crippen LogP contribution in [-0.2, 0) is 14.6 Å². The first-order valence-corrected chi connectivity index (χ1v) is 8.40. The standard InChI is InChI=1S/C12H25NO3S/c1-12(14)13-10-8-6-4-3-5-7-9-11-17(2,15)16/h3-11H2,1-2H3,(H,13,14). The molecule has 0 aliphatic heterocycles. The number of hydrogen-bond acceptors (Lipinski definition) is 3. The summed E-state index contributed by atoms with van der Waals surface area (Å²) in [4.78, 5) is 10.6. The number of hydrogen-bond donors (Lipinski definition) is 1. The highest BCUT2D eigenvalue weighted by atomic mass is 32.2. The Morgan fingerprint density at radius 3 is 1.88 bits per heavy atom. The Hall–Kier alpha value is -0.580. The molecule has 0 aliphatic rings. The molecule has 0 atom stereocenters. The van der Waals surface area contributed by atoms with Crippen LogP contribution in [-0.4, -0.2) is 32.9 Å². The first-order chi connectivity index (χ1) is 7.92. The molecule has 0 aromatic heterocycles. The van der Waals surface area contributed by atoms with Gasteiger partial charge in [0.2, 0.25) is 5.91 Å². The van der Waals surface area contributed by atoms with Crippen LogP contribution in [0.4, 0.5) is 0 Å². The maximum atomic E-state index is 10.9. The summed E-state index contributed by atoms with van der Waals surface area (Å²) in [6.07, 6.45) is 8.66. The van der Waals surface area contributed by atoms with Gasteiger partial charge in [0.15, 0.2) is 0 Å². The van der Waals surface area contributed by atoms with Gasteiger partial charge >= 0.3 is 0 Å². The smallest absolute Gasteiger partial charge is 0.216 e. The summed E-state index contributed by atoms with van der Waals surface area (Å²) >= 11 is 0. The van der Waals surface area contributed by atoms with Gasteiger partial charge in [0.05, 0.1) is 0 Å². The predicted octanol–water partition coefficient (Wildman–Crippen LogP) is 1.90. The highest BCUT2D eigenvalue weighted by Gasteiger charge is 2.00. The van der Waals surface area contributed by atoms with Crippen LogP contribution in [0.15, 0.2) is 0 Å². The van der Waals surface area contributed by atoms with E-state index in [2.05, 4.69) is 5.32 Å². The normalized spacial score (nSPS) is 11.4. The van der Waals surface area contributed by atoms with E-state index in [0.29, 0.717) is 5.75 Å². The van der Waals surface area contributed by atoms with Crippen LogP contribution in [0, 0.1) is 0 Å². The lowest BCUT2D eigenvalue weighted by Gasteiger charge is -2.02. The largest absolute Gasteiger partial charge is 0.356 e. The molecule has 0 spiro atoms. The lowest BCUT2D eigenvalue weighted by molar-refractivity contribution is -0.118. The number of carbonyl (C=O) groups is 1. The zero-order chi connectivity index (χ0) is 13.1. The van der Waals surface area contributed by atoms with Crippen molar-refractivity contribution in [3.05, 3.63) is 0 Å². The van der Waals surface area contributed by atoms with Gasteiger partial charge in [0.1, 0.15) is 9.84 Å². The zero-order valence-corrected chi connectivity index (χ0v) is 11.8. The van der Waals surface area contributed by atoms with Gasteiger partial charge in [0.25, 0.3) is 0 Å². The second-order valence-electron chi connectivity index (χ2n) is 4.59. The highest BCUT2D eigenvalue weighted by molar-refractivity contribution is 7.90. The van der Waals surface area contributed by atoms with Crippen LogP contribution in [0.25, 0.3) is 0 Å². The Bertz CT molecular complexity index is 299. The Kier molecular flexibility index (Phi) is 9.13. The van der Waals surface area contributed by atoms with E-state index in [1.54, 1.807) is 0 Å². The molecule has 17 heavy (non-hydrogen) atoms. The molecule has 0 heterocycles. The molecule has 0 aliphatic carbocycles. The van der Waals surface area contributed by atoms with Crippen molar-refractivity contribution in [2.75, 3.05) is 18.6 Å². The molecule has 0 bridgehead atoms.